The lowest BCUT2D eigenvalue weighted by Gasteiger charge is -2.17. The van der Waals surface area contributed by atoms with Crippen molar-refractivity contribution in [3.63, 3.8) is 0 Å². The molecule has 1 aliphatic carbocycles. The number of aryl methyl sites for hydroxylation is 2. The molecule has 1 aromatic heterocycles. The summed E-state index contributed by atoms with van der Waals surface area (Å²) in [6.07, 6.45) is 4.21. The van der Waals surface area contributed by atoms with Crippen LogP contribution in [0.25, 0.3) is 0 Å². The van der Waals surface area contributed by atoms with Crippen LogP contribution in [0.2, 0.25) is 0 Å². The lowest BCUT2D eigenvalue weighted by molar-refractivity contribution is 0.429. The quantitative estimate of drug-likeness (QED) is 0.539. The first kappa shape index (κ1) is 17.9. The largest absolute Gasteiger partial charge is 0.430 e. The maximum Gasteiger partial charge on any atom is 0.298 e. The first-order valence-electron chi connectivity index (χ1n) is 8.68. The van der Waals surface area contributed by atoms with Gasteiger partial charge in [-0.1, -0.05) is 6.92 Å². The molecule has 1 aromatic carbocycles. The molecule has 0 N–H and O–H groups in total. The Kier molecular flexibility index (Phi) is 4.82. The minimum absolute atomic E-state index is 0.171. The molecule has 2 aromatic rings. The average molecular weight is 359 g/mol. The fourth-order valence-electron chi connectivity index (χ4n) is 2.31. The van der Waals surface area contributed by atoms with Crippen LogP contribution in [0.1, 0.15) is 50.6 Å². The van der Waals surface area contributed by atoms with Gasteiger partial charge in [0.1, 0.15) is 5.75 Å². The molecule has 5 nitrogen and oxygen atoms in total. The summed E-state index contributed by atoms with van der Waals surface area (Å²) in [6, 6.07) is 4.50. The summed E-state index contributed by atoms with van der Waals surface area (Å²) in [5, 5.41) is 0.612. The predicted octanol–water partition coefficient (Wildman–Crippen LogP) is 5.00. The molecular weight excluding hydrogens is 332 g/mol. The molecular formula is C19H26N4OS. The Morgan fingerprint density at radius 2 is 2.00 bits per heavy atom. The second-order valence-electron chi connectivity index (χ2n) is 7.45. The van der Waals surface area contributed by atoms with Gasteiger partial charge in [-0.25, -0.2) is 4.99 Å². The summed E-state index contributed by atoms with van der Waals surface area (Å²) in [5.74, 6) is 1.73. The van der Waals surface area contributed by atoms with Crippen molar-refractivity contribution in [2.24, 2.45) is 4.99 Å². The van der Waals surface area contributed by atoms with E-state index in [0.29, 0.717) is 11.2 Å². The van der Waals surface area contributed by atoms with Crippen LogP contribution in [0.4, 0.5) is 5.69 Å². The number of hydrogen-bond donors (Lipinski definition) is 0. The minimum atomic E-state index is 0.171. The summed E-state index contributed by atoms with van der Waals surface area (Å²) in [5.41, 5.74) is 3.25. The monoisotopic (exact) mass is 358 g/mol. The van der Waals surface area contributed by atoms with E-state index >= 15 is 0 Å². The van der Waals surface area contributed by atoms with Crippen LogP contribution in [0.5, 0.6) is 10.9 Å². The summed E-state index contributed by atoms with van der Waals surface area (Å²) in [7, 11) is 2.03. The third-order valence-corrected chi connectivity index (χ3v) is 5.43. The Balaban J connectivity index is 1.77. The highest BCUT2D eigenvalue weighted by atomic mass is 32.1. The highest BCUT2D eigenvalue weighted by Crippen LogP contribution is 2.47. The van der Waals surface area contributed by atoms with Crippen molar-refractivity contribution >= 4 is 23.6 Å². The number of aliphatic imine (C=N–C) groups is 1. The molecule has 0 spiro atoms. The Bertz CT molecular complexity index is 793. The zero-order valence-electron chi connectivity index (χ0n) is 15.8. The van der Waals surface area contributed by atoms with Crippen LogP contribution in [-0.2, 0) is 5.41 Å². The standard InChI is InChI=1S/C19H26N4OS/c1-12(2)23(6)11-20-15-9-14(4)16(10-13(15)3)24-18-21-17(22-25-18)19(5)7-8-19/h9-12H,7-8H2,1-6H3/b20-11-. The fraction of sp³-hybridized carbons (Fsp3) is 0.526. The second-order valence-corrected chi connectivity index (χ2v) is 8.17. The van der Waals surface area contributed by atoms with Crippen molar-refractivity contribution in [2.45, 2.75) is 58.9 Å². The lowest BCUT2D eigenvalue weighted by atomic mass is 10.1. The third kappa shape index (κ3) is 4.00. The van der Waals surface area contributed by atoms with E-state index in [1.165, 1.54) is 24.4 Å². The highest BCUT2D eigenvalue weighted by Gasteiger charge is 2.43. The fourth-order valence-corrected chi connectivity index (χ4v) is 2.99. The first-order chi connectivity index (χ1) is 11.8. The van der Waals surface area contributed by atoms with Gasteiger partial charge in [-0.2, -0.15) is 9.36 Å². The van der Waals surface area contributed by atoms with Crippen LogP contribution in [0.3, 0.4) is 0 Å². The minimum Gasteiger partial charge on any atom is -0.430 e. The van der Waals surface area contributed by atoms with E-state index < -0.39 is 0 Å². The van der Waals surface area contributed by atoms with Gasteiger partial charge in [-0.05, 0) is 63.8 Å². The first-order valence-corrected chi connectivity index (χ1v) is 9.45. The highest BCUT2D eigenvalue weighted by molar-refractivity contribution is 7.07. The molecule has 1 fully saturated rings. The normalized spacial score (nSPS) is 15.8. The van der Waals surface area contributed by atoms with Crippen LogP contribution in [-0.4, -0.2) is 33.7 Å². The molecule has 134 valence electrons. The molecule has 25 heavy (non-hydrogen) atoms. The van der Waals surface area contributed by atoms with Gasteiger partial charge in [0, 0.05) is 30.0 Å². The van der Waals surface area contributed by atoms with Gasteiger partial charge in [0.05, 0.1) is 12.0 Å². The van der Waals surface area contributed by atoms with Crippen LogP contribution >= 0.6 is 11.5 Å². The molecule has 1 saturated carbocycles. The summed E-state index contributed by atoms with van der Waals surface area (Å²) >= 11 is 1.33. The molecule has 0 aliphatic heterocycles. The van der Waals surface area contributed by atoms with Crippen LogP contribution in [0.15, 0.2) is 17.1 Å². The zero-order valence-corrected chi connectivity index (χ0v) is 16.6. The lowest BCUT2D eigenvalue weighted by Crippen LogP contribution is -2.24. The van der Waals surface area contributed by atoms with E-state index in [9.17, 15) is 0 Å². The average Bonchev–Trinajstić information content (AvgIpc) is 3.12. The van der Waals surface area contributed by atoms with E-state index in [0.717, 1.165) is 28.4 Å². The van der Waals surface area contributed by atoms with E-state index in [1.54, 1.807) is 0 Å². The Morgan fingerprint density at radius 3 is 2.64 bits per heavy atom. The molecule has 6 heteroatoms. The van der Waals surface area contributed by atoms with E-state index in [1.807, 2.05) is 33.3 Å². The van der Waals surface area contributed by atoms with Crippen molar-refractivity contribution in [3.05, 3.63) is 29.1 Å². The van der Waals surface area contributed by atoms with Gasteiger partial charge in [0.15, 0.2) is 5.82 Å². The third-order valence-electron chi connectivity index (χ3n) is 4.83. The van der Waals surface area contributed by atoms with E-state index in [2.05, 4.69) is 46.1 Å². The molecule has 0 unspecified atom stereocenters. The second kappa shape index (κ2) is 6.75. The van der Waals surface area contributed by atoms with Crippen molar-refractivity contribution in [2.75, 3.05) is 7.05 Å². The molecule has 0 atom stereocenters. The van der Waals surface area contributed by atoms with Gasteiger partial charge >= 0.3 is 0 Å². The Hall–Kier alpha value is -1.95. The van der Waals surface area contributed by atoms with E-state index in [-0.39, 0.29) is 5.41 Å². The molecule has 0 saturated heterocycles. The molecule has 0 radical (unpaired) electrons. The SMILES string of the molecule is Cc1cc(Oc2nc(C3(C)CC3)ns2)c(C)cc1/N=C\N(C)C(C)C. The number of aromatic nitrogens is 2. The Morgan fingerprint density at radius 1 is 1.28 bits per heavy atom. The van der Waals surface area contributed by atoms with Crippen molar-refractivity contribution in [1.82, 2.24) is 14.3 Å². The van der Waals surface area contributed by atoms with Gasteiger partial charge in [0.2, 0.25) is 0 Å². The van der Waals surface area contributed by atoms with Gasteiger partial charge in [-0.3, -0.25) is 0 Å². The number of hydrogen-bond acceptors (Lipinski definition) is 5. The van der Waals surface area contributed by atoms with Gasteiger partial charge < -0.3 is 9.64 Å². The van der Waals surface area contributed by atoms with Crippen LogP contribution < -0.4 is 4.74 Å². The Labute approximate surface area is 153 Å². The van der Waals surface area contributed by atoms with Gasteiger partial charge in [0.25, 0.3) is 5.19 Å². The van der Waals surface area contributed by atoms with Crippen molar-refractivity contribution in [1.29, 1.82) is 0 Å². The summed E-state index contributed by atoms with van der Waals surface area (Å²) in [4.78, 5) is 11.2. The molecule has 1 aliphatic rings. The topological polar surface area (TPSA) is 50.6 Å². The predicted molar refractivity (Wildman–Crippen MR) is 104 cm³/mol. The van der Waals surface area contributed by atoms with Crippen molar-refractivity contribution < 1.29 is 4.74 Å². The zero-order chi connectivity index (χ0) is 18.2. The number of benzene rings is 1. The molecule has 0 bridgehead atoms. The number of rotatable bonds is 6. The van der Waals surface area contributed by atoms with Crippen molar-refractivity contribution in [3.8, 4) is 10.9 Å². The molecule has 3 rings (SSSR count). The number of nitrogens with zero attached hydrogens (tertiary/aromatic N) is 4. The smallest absolute Gasteiger partial charge is 0.298 e. The van der Waals surface area contributed by atoms with Crippen LogP contribution in [0, 0.1) is 13.8 Å². The maximum atomic E-state index is 6.00. The molecule has 1 heterocycles. The van der Waals surface area contributed by atoms with Gasteiger partial charge in [-0.15, -0.1) is 0 Å². The summed E-state index contributed by atoms with van der Waals surface area (Å²) < 4.78 is 10.5. The molecule has 0 amide bonds. The summed E-state index contributed by atoms with van der Waals surface area (Å²) in [6.45, 7) is 10.6. The maximum absolute atomic E-state index is 6.00. The number of ether oxygens (including phenoxy) is 1. The van der Waals surface area contributed by atoms with E-state index in [4.69, 9.17) is 4.74 Å².